The van der Waals surface area contributed by atoms with Crippen LogP contribution in [0.4, 0.5) is 0 Å². The van der Waals surface area contributed by atoms with E-state index in [1.807, 2.05) is 0 Å². The van der Waals surface area contributed by atoms with Gasteiger partial charge in [-0.2, -0.15) is 4.31 Å². The molecule has 0 saturated heterocycles. The zero-order valence-electron chi connectivity index (χ0n) is 10.2. The van der Waals surface area contributed by atoms with E-state index in [0.29, 0.717) is 10.6 Å². The van der Waals surface area contributed by atoms with Crippen molar-refractivity contribution in [1.29, 1.82) is 0 Å². The monoisotopic (exact) mass is 290 g/mol. The van der Waals surface area contributed by atoms with Gasteiger partial charge in [0.2, 0.25) is 15.9 Å². The third-order valence-corrected chi connectivity index (χ3v) is 3.94. The summed E-state index contributed by atoms with van der Waals surface area (Å²) in [7, 11) is -2.01. The Hall–Kier alpha value is -1.11. The van der Waals surface area contributed by atoms with Gasteiger partial charge in [0.1, 0.15) is 0 Å². The number of carbonyl (C=O) groups excluding carboxylic acids is 1. The second-order valence-corrected chi connectivity index (χ2v) is 6.19. The minimum Gasteiger partial charge on any atom is -0.358 e. The Morgan fingerprint density at radius 1 is 1.39 bits per heavy atom. The standard InChI is InChI=1S/C11H15ClN2O3S/c1-13-11(15)8-14(18(2,16)17)7-9-5-3-4-6-10(9)12/h3-6H,7-8H2,1-2H3,(H,13,15). The summed E-state index contributed by atoms with van der Waals surface area (Å²) < 4.78 is 24.3. The minimum absolute atomic E-state index is 0.0753. The lowest BCUT2D eigenvalue weighted by Crippen LogP contribution is -2.38. The van der Waals surface area contributed by atoms with Crippen molar-refractivity contribution in [3.05, 3.63) is 34.9 Å². The van der Waals surface area contributed by atoms with Crippen LogP contribution in [0.5, 0.6) is 0 Å². The average Bonchev–Trinajstić information content (AvgIpc) is 2.29. The molecule has 0 saturated carbocycles. The number of nitrogens with zero attached hydrogens (tertiary/aromatic N) is 1. The fraction of sp³-hybridized carbons (Fsp3) is 0.364. The normalized spacial score (nSPS) is 11.6. The summed E-state index contributed by atoms with van der Waals surface area (Å²) >= 11 is 5.97. The molecule has 0 bridgehead atoms. The van der Waals surface area contributed by atoms with E-state index in [4.69, 9.17) is 11.6 Å². The van der Waals surface area contributed by atoms with Crippen molar-refractivity contribution >= 4 is 27.5 Å². The predicted octanol–water partition coefficient (Wildman–Crippen LogP) is 0.848. The fourth-order valence-corrected chi connectivity index (χ4v) is 2.27. The highest BCUT2D eigenvalue weighted by Crippen LogP contribution is 2.18. The molecule has 5 nitrogen and oxygen atoms in total. The Kier molecular flexibility index (Phi) is 5.13. The Morgan fingerprint density at radius 2 is 2.00 bits per heavy atom. The van der Waals surface area contributed by atoms with Crippen molar-refractivity contribution in [1.82, 2.24) is 9.62 Å². The van der Waals surface area contributed by atoms with Gasteiger partial charge in [0.25, 0.3) is 0 Å². The summed E-state index contributed by atoms with van der Waals surface area (Å²) in [5.74, 6) is -0.368. The van der Waals surface area contributed by atoms with Crippen LogP contribution in [0.3, 0.4) is 0 Å². The molecule has 100 valence electrons. The highest BCUT2D eigenvalue weighted by atomic mass is 35.5. The first-order valence-electron chi connectivity index (χ1n) is 5.23. The lowest BCUT2D eigenvalue weighted by Gasteiger charge is -2.19. The molecule has 0 fully saturated rings. The quantitative estimate of drug-likeness (QED) is 0.874. The molecule has 1 aromatic carbocycles. The number of hydrogen-bond acceptors (Lipinski definition) is 3. The van der Waals surface area contributed by atoms with E-state index in [0.717, 1.165) is 10.6 Å². The molecule has 7 heteroatoms. The van der Waals surface area contributed by atoms with Crippen LogP contribution in [0.2, 0.25) is 5.02 Å². The lowest BCUT2D eigenvalue weighted by molar-refractivity contribution is -0.120. The van der Waals surface area contributed by atoms with E-state index in [9.17, 15) is 13.2 Å². The summed E-state index contributed by atoms with van der Waals surface area (Å²) in [4.78, 5) is 11.3. The van der Waals surface area contributed by atoms with Crippen LogP contribution in [0.25, 0.3) is 0 Å². The number of likely N-dealkylation sites (N-methyl/N-ethyl adjacent to an activating group) is 1. The number of sulfonamides is 1. The molecule has 1 N–H and O–H groups in total. The molecule has 1 aromatic rings. The van der Waals surface area contributed by atoms with Crippen LogP contribution in [0.1, 0.15) is 5.56 Å². The first-order valence-corrected chi connectivity index (χ1v) is 7.46. The van der Waals surface area contributed by atoms with Crippen LogP contribution in [0, 0.1) is 0 Å². The average molecular weight is 291 g/mol. The van der Waals surface area contributed by atoms with Crippen LogP contribution < -0.4 is 5.32 Å². The summed E-state index contributed by atoms with van der Waals surface area (Å²) in [5.41, 5.74) is 0.661. The highest BCUT2D eigenvalue weighted by Gasteiger charge is 2.20. The number of carbonyl (C=O) groups is 1. The van der Waals surface area contributed by atoms with E-state index in [-0.39, 0.29) is 19.0 Å². The maximum atomic E-state index is 11.6. The molecular weight excluding hydrogens is 276 g/mol. The van der Waals surface area contributed by atoms with Gasteiger partial charge < -0.3 is 5.32 Å². The Labute approximate surface area is 112 Å². The van der Waals surface area contributed by atoms with Crippen molar-refractivity contribution in [3.63, 3.8) is 0 Å². The Morgan fingerprint density at radius 3 is 2.50 bits per heavy atom. The molecule has 0 spiro atoms. The number of benzene rings is 1. The van der Waals surface area contributed by atoms with Crippen LogP contribution in [-0.4, -0.2) is 38.5 Å². The first kappa shape index (κ1) is 14.9. The van der Waals surface area contributed by atoms with E-state index < -0.39 is 10.0 Å². The zero-order chi connectivity index (χ0) is 13.8. The molecule has 0 aromatic heterocycles. The molecule has 1 amide bonds. The third kappa shape index (κ3) is 4.29. The van der Waals surface area contributed by atoms with Gasteiger partial charge in [-0.25, -0.2) is 8.42 Å². The van der Waals surface area contributed by atoms with Crippen LogP contribution in [-0.2, 0) is 21.4 Å². The summed E-state index contributed by atoms with van der Waals surface area (Å²) in [5, 5.41) is 2.86. The maximum absolute atomic E-state index is 11.6. The van der Waals surface area contributed by atoms with Gasteiger partial charge in [0.05, 0.1) is 12.8 Å². The van der Waals surface area contributed by atoms with Gasteiger partial charge in [-0.1, -0.05) is 29.8 Å². The number of nitrogens with one attached hydrogen (secondary N) is 1. The largest absolute Gasteiger partial charge is 0.358 e. The Balaban J connectivity index is 2.93. The molecule has 18 heavy (non-hydrogen) atoms. The molecule has 1 rings (SSSR count). The topological polar surface area (TPSA) is 66.5 Å². The van der Waals surface area contributed by atoms with E-state index in [1.54, 1.807) is 24.3 Å². The van der Waals surface area contributed by atoms with Gasteiger partial charge in [-0.3, -0.25) is 4.79 Å². The van der Waals surface area contributed by atoms with Gasteiger partial charge in [0.15, 0.2) is 0 Å². The molecule has 0 atom stereocenters. The van der Waals surface area contributed by atoms with Gasteiger partial charge >= 0.3 is 0 Å². The second-order valence-electron chi connectivity index (χ2n) is 3.80. The summed E-state index contributed by atoms with van der Waals surface area (Å²) in [6.45, 7) is -0.146. The smallest absolute Gasteiger partial charge is 0.235 e. The predicted molar refractivity (Wildman–Crippen MR) is 70.8 cm³/mol. The molecule has 0 radical (unpaired) electrons. The second kappa shape index (κ2) is 6.17. The highest BCUT2D eigenvalue weighted by molar-refractivity contribution is 7.88. The molecule has 0 aliphatic carbocycles. The van der Waals surface area contributed by atoms with E-state index in [2.05, 4.69) is 5.32 Å². The fourth-order valence-electron chi connectivity index (χ4n) is 1.35. The number of rotatable bonds is 5. The van der Waals surface area contributed by atoms with E-state index in [1.165, 1.54) is 7.05 Å². The minimum atomic E-state index is -3.47. The van der Waals surface area contributed by atoms with Crippen molar-refractivity contribution in [3.8, 4) is 0 Å². The maximum Gasteiger partial charge on any atom is 0.235 e. The van der Waals surface area contributed by atoms with E-state index >= 15 is 0 Å². The molecule has 0 aliphatic heterocycles. The van der Waals surface area contributed by atoms with Crippen molar-refractivity contribution in [2.24, 2.45) is 0 Å². The lowest BCUT2D eigenvalue weighted by atomic mass is 10.2. The van der Waals surface area contributed by atoms with Gasteiger partial charge in [-0.15, -0.1) is 0 Å². The van der Waals surface area contributed by atoms with Crippen molar-refractivity contribution in [2.75, 3.05) is 19.8 Å². The number of amides is 1. The summed E-state index contributed by atoms with van der Waals surface area (Å²) in [6, 6.07) is 6.93. The Bertz CT molecular complexity index is 531. The van der Waals surface area contributed by atoms with Gasteiger partial charge in [-0.05, 0) is 11.6 Å². The molecule has 0 unspecified atom stereocenters. The van der Waals surface area contributed by atoms with Crippen molar-refractivity contribution < 1.29 is 13.2 Å². The van der Waals surface area contributed by atoms with Crippen LogP contribution in [0.15, 0.2) is 24.3 Å². The third-order valence-electron chi connectivity index (χ3n) is 2.37. The number of hydrogen-bond donors (Lipinski definition) is 1. The van der Waals surface area contributed by atoms with Crippen molar-refractivity contribution in [2.45, 2.75) is 6.54 Å². The number of halogens is 1. The summed E-state index contributed by atoms with van der Waals surface area (Å²) in [6.07, 6.45) is 1.06. The molecule has 0 heterocycles. The van der Waals surface area contributed by atoms with Gasteiger partial charge in [0, 0.05) is 18.6 Å². The van der Waals surface area contributed by atoms with Crippen LogP contribution >= 0.6 is 11.6 Å². The first-order chi connectivity index (χ1) is 8.34. The SMILES string of the molecule is CNC(=O)CN(Cc1ccccc1Cl)S(C)(=O)=O. The zero-order valence-corrected chi connectivity index (χ0v) is 11.8. The molecule has 0 aliphatic rings. The molecular formula is C11H15ClN2O3S.